The zero-order valence-corrected chi connectivity index (χ0v) is 19.5. The van der Waals surface area contributed by atoms with Crippen molar-refractivity contribution in [2.45, 2.75) is 0 Å². The number of carbonyl (C=O) groups is 1. The number of aromatic hydroxyl groups is 1. The molecule has 0 saturated carbocycles. The van der Waals surface area contributed by atoms with Crippen molar-refractivity contribution >= 4 is 46.5 Å². The first-order valence-electron chi connectivity index (χ1n) is 9.22. The lowest BCUT2D eigenvalue weighted by Gasteiger charge is -2.17. The number of ether oxygens (including phenoxy) is 2. The second kappa shape index (κ2) is 9.74. The van der Waals surface area contributed by atoms with E-state index in [9.17, 15) is 14.3 Å². The highest BCUT2D eigenvalue weighted by Gasteiger charge is 2.26. The van der Waals surface area contributed by atoms with Crippen LogP contribution in [-0.2, 0) is 0 Å². The van der Waals surface area contributed by atoms with Gasteiger partial charge in [0.15, 0.2) is 28.8 Å². The van der Waals surface area contributed by atoms with Gasteiger partial charge in [-0.1, -0.05) is 40.9 Å². The number of nitrogens with zero attached hydrogens (tertiary/aromatic N) is 1. The number of rotatable bonds is 6. The number of amidine groups is 1. The SMILES string of the molecule is CN(C)C(=O)c1cccc(Oc2c(Cl)c(F)c(Cl)c(Oc3cc(C(=N)N)ccc3O)c2Cl)c1. The van der Waals surface area contributed by atoms with E-state index in [1.165, 1.54) is 35.2 Å². The predicted molar refractivity (Wildman–Crippen MR) is 125 cm³/mol. The summed E-state index contributed by atoms with van der Waals surface area (Å²) < 4.78 is 26.0. The first-order chi connectivity index (χ1) is 15.5. The lowest BCUT2D eigenvalue weighted by Crippen LogP contribution is -2.21. The number of amides is 1. The van der Waals surface area contributed by atoms with Crippen molar-refractivity contribution in [3.8, 4) is 28.7 Å². The lowest BCUT2D eigenvalue weighted by molar-refractivity contribution is 0.0827. The normalized spacial score (nSPS) is 10.6. The largest absolute Gasteiger partial charge is 0.504 e. The summed E-state index contributed by atoms with van der Waals surface area (Å²) in [5, 5.41) is 16.3. The number of phenolic OH excluding ortho intramolecular Hbond substituents is 1. The predicted octanol–water partition coefficient (Wildman–Crippen LogP) is 6.06. The van der Waals surface area contributed by atoms with Gasteiger partial charge >= 0.3 is 0 Å². The summed E-state index contributed by atoms with van der Waals surface area (Å²) >= 11 is 18.5. The highest BCUT2D eigenvalue weighted by atomic mass is 35.5. The van der Waals surface area contributed by atoms with E-state index < -0.39 is 15.9 Å². The minimum absolute atomic E-state index is 0.153. The second-order valence-corrected chi connectivity index (χ2v) is 8.08. The van der Waals surface area contributed by atoms with Crippen molar-refractivity contribution in [1.82, 2.24) is 4.90 Å². The molecule has 0 atom stereocenters. The number of hydrogen-bond donors (Lipinski definition) is 3. The fourth-order valence-corrected chi connectivity index (χ4v) is 3.58. The fourth-order valence-electron chi connectivity index (χ4n) is 2.71. The third-order valence-electron chi connectivity index (χ3n) is 4.37. The van der Waals surface area contributed by atoms with Crippen LogP contribution in [0.4, 0.5) is 4.39 Å². The number of hydrogen-bond acceptors (Lipinski definition) is 5. The summed E-state index contributed by atoms with van der Waals surface area (Å²) in [6.07, 6.45) is 0. The van der Waals surface area contributed by atoms with E-state index in [4.69, 9.17) is 55.4 Å². The molecule has 0 fully saturated rings. The van der Waals surface area contributed by atoms with Gasteiger partial charge in [0.2, 0.25) is 0 Å². The quantitative estimate of drug-likeness (QED) is 0.161. The molecule has 0 aliphatic rings. The number of nitrogens with one attached hydrogen (secondary N) is 1. The molecule has 7 nitrogen and oxygen atoms in total. The Labute approximate surface area is 203 Å². The topological polar surface area (TPSA) is 109 Å². The average Bonchev–Trinajstić information content (AvgIpc) is 2.78. The number of halogens is 4. The Morgan fingerprint density at radius 2 is 1.64 bits per heavy atom. The maximum atomic E-state index is 14.8. The minimum atomic E-state index is -1.07. The molecule has 0 unspecified atom stereocenters. The minimum Gasteiger partial charge on any atom is -0.504 e. The summed E-state index contributed by atoms with van der Waals surface area (Å²) in [6, 6.07) is 10.0. The van der Waals surface area contributed by atoms with Crippen LogP contribution < -0.4 is 15.2 Å². The van der Waals surface area contributed by atoms with E-state index in [-0.39, 0.29) is 51.1 Å². The van der Waals surface area contributed by atoms with Gasteiger partial charge in [0.25, 0.3) is 5.91 Å². The van der Waals surface area contributed by atoms with Crippen LogP contribution in [-0.4, -0.2) is 35.8 Å². The van der Waals surface area contributed by atoms with Crippen LogP contribution in [0.2, 0.25) is 15.1 Å². The molecule has 0 bridgehead atoms. The molecule has 0 radical (unpaired) electrons. The smallest absolute Gasteiger partial charge is 0.253 e. The van der Waals surface area contributed by atoms with E-state index in [1.54, 1.807) is 26.2 Å². The molecule has 0 aromatic heterocycles. The van der Waals surface area contributed by atoms with Gasteiger partial charge in [-0.2, -0.15) is 0 Å². The number of nitrogens with two attached hydrogens (primary N) is 1. The van der Waals surface area contributed by atoms with Gasteiger partial charge in [-0.3, -0.25) is 10.2 Å². The summed E-state index contributed by atoms with van der Waals surface area (Å²) in [4.78, 5) is 13.6. The molecule has 3 aromatic rings. The van der Waals surface area contributed by atoms with Gasteiger partial charge in [0.05, 0.1) is 0 Å². The Kier molecular flexibility index (Phi) is 7.22. The molecule has 0 aliphatic carbocycles. The first kappa shape index (κ1) is 24.4. The van der Waals surface area contributed by atoms with E-state index in [2.05, 4.69) is 0 Å². The molecule has 172 valence electrons. The zero-order chi connectivity index (χ0) is 24.4. The Hall–Kier alpha value is -3.20. The zero-order valence-electron chi connectivity index (χ0n) is 17.2. The summed E-state index contributed by atoms with van der Waals surface area (Å²) in [5.41, 5.74) is 6.02. The van der Waals surface area contributed by atoms with Crippen molar-refractivity contribution in [1.29, 1.82) is 5.41 Å². The van der Waals surface area contributed by atoms with Crippen molar-refractivity contribution in [2.24, 2.45) is 5.73 Å². The average molecular weight is 513 g/mol. The van der Waals surface area contributed by atoms with Crippen LogP contribution in [0.5, 0.6) is 28.7 Å². The Morgan fingerprint density at radius 1 is 1.00 bits per heavy atom. The third kappa shape index (κ3) is 5.08. The maximum absolute atomic E-state index is 14.8. The Morgan fingerprint density at radius 3 is 2.24 bits per heavy atom. The number of carbonyl (C=O) groups excluding carboxylic acids is 1. The highest BCUT2D eigenvalue weighted by molar-refractivity contribution is 6.42. The van der Waals surface area contributed by atoms with Gasteiger partial charge in [0, 0.05) is 25.2 Å². The molecule has 1 amide bonds. The number of nitrogen functional groups attached to an aromatic ring is 1. The molecule has 11 heteroatoms. The van der Waals surface area contributed by atoms with Crippen LogP contribution in [0.25, 0.3) is 0 Å². The summed E-state index contributed by atoms with van der Waals surface area (Å²) in [7, 11) is 3.19. The highest BCUT2D eigenvalue weighted by Crippen LogP contribution is 2.50. The van der Waals surface area contributed by atoms with Crippen LogP contribution in [0.3, 0.4) is 0 Å². The molecule has 3 rings (SSSR count). The van der Waals surface area contributed by atoms with E-state index >= 15 is 0 Å². The van der Waals surface area contributed by atoms with E-state index in [1.807, 2.05) is 0 Å². The maximum Gasteiger partial charge on any atom is 0.253 e. The molecule has 3 aromatic carbocycles. The molecule has 33 heavy (non-hydrogen) atoms. The molecule has 0 spiro atoms. The van der Waals surface area contributed by atoms with Crippen molar-refractivity contribution in [2.75, 3.05) is 14.1 Å². The van der Waals surface area contributed by atoms with Crippen molar-refractivity contribution < 1.29 is 23.8 Å². The molecule has 0 heterocycles. The molecular weight excluding hydrogens is 496 g/mol. The van der Waals surface area contributed by atoms with Gasteiger partial charge in [-0.05, 0) is 36.4 Å². The Balaban J connectivity index is 2.06. The number of phenols is 1. The van der Waals surface area contributed by atoms with Crippen LogP contribution in [0.1, 0.15) is 15.9 Å². The molecule has 0 aliphatic heterocycles. The molecule has 4 N–H and O–H groups in total. The van der Waals surface area contributed by atoms with E-state index in [0.29, 0.717) is 5.56 Å². The van der Waals surface area contributed by atoms with E-state index in [0.717, 1.165) is 0 Å². The Bertz CT molecular complexity index is 1270. The van der Waals surface area contributed by atoms with Crippen LogP contribution in [0, 0.1) is 11.2 Å². The first-order valence-corrected chi connectivity index (χ1v) is 10.4. The van der Waals surface area contributed by atoms with Crippen LogP contribution >= 0.6 is 34.8 Å². The van der Waals surface area contributed by atoms with Crippen molar-refractivity contribution in [3.63, 3.8) is 0 Å². The fraction of sp³-hybridized carbons (Fsp3) is 0.0909. The number of benzene rings is 3. The summed E-state index contributed by atoms with van der Waals surface area (Å²) in [5.74, 6) is -2.69. The molecule has 0 saturated heterocycles. The van der Waals surface area contributed by atoms with Gasteiger partial charge in [0.1, 0.15) is 26.7 Å². The third-order valence-corrected chi connectivity index (χ3v) is 5.39. The lowest BCUT2D eigenvalue weighted by atomic mass is 10.2. The summed E-state index contributed by atoms with van der Waals surface area (Å²) in [6.45, 7) is 0. The van der Waals surface area contributed by atoms with Crippen LogP contribution in [0.15, 0.2) is 42.5 Å². The molecular formula is C22H17Cl3FN3O4. The standard InChI is InChI=1S/C22H17Cl3FN3O4/c1-29(2)22(31)11-4-3-5-12(8-11)32-19-15(23)18(26)16(24)20(17(19)25)33-14-9-10(21(27)28)6-7-13(14)30/h3-9,30H,1-2H3,(H3,27,28). The second-order valence-electron chi connectivity index (χ2n) is 6.94. The van der Waals surface area contributed by atoms with Gasteiger partial charge in [-0.15, -0.1) is 0 Å². The van der Waals surface area contributed by atoms with Gasteiger partial charge < -0.3 is 25.2 Å². The van der Waals surface area contributed by atoms with Gasteiger partial charge in [-0.25, -0.2) is 4.39 Å². The monoisotopic (exact) mass is 511 g/mol. The van der Waals surface area contributed by atoms with Crippen molar-refractivity contribution in [3.05, 3.63) is 74.5 Å².